The minimum Gasteiger partial charge on any atom is -0.324 e. The van der Waals surface area contributed by atoms with Gasteiger partial charge >= 0.3 is 0 Å². The van der Waals surface area contributed by atoms with E-state index in [1.165, 1.54) is 11.8 Å². The number of hydrogen-bond acceptors (Lipinski definition) is 5. The molecule has 0 fully saturated rings. The topological polar surface area (TPSA) is 72.7 Å². The molecule has 1 unspecified atom stereocenters. The predicted octanol–water partition coefficient (Wildman–Crippen LogP) is 4.30. The molecule has 26 heavy (non-hydrogen) atoms. The monoisotopic (exact) mass is 407 g/mol. The molecule has 2 aromatic heterocycles. The third kappa shape index (κ3) is 4.00. The van der Waals surface area contributed by atoms with Gasteiger partial charge in [-0.1, -0.05) is 41.0 Å². The first-order valence-corrected chi connectivity index (χ1v) is 9.32. The lowest BCUT2D eigenvalue weighted by molar-refractivity contribution is -0.115. The molecule has 2 heterocycles. The van der Waals surface area contributed by atoms with Crippen molar-refractivity contribution in [3.63, 3.8) is 0 Å². The van der Waals surface area contributed by atoms with Gasteiger partial charge in [-0.2, -0.15) is 0 Å². The predicted molar refractivity (Wildman–Crippen MR) is 105 cm³/mol. The highest BCUT2D eigenvalue weighted by Gasteiger charge is 2.20. The molecular formula is C17H15Cl2N5OS. The number of carbonyl (C=O) groups is 1. The highest BCUT2D eigenvalue weighted by atomic mass is 35.5. The van der Waals surface area contributed by atoms with Crippen molar-refractivity contribution in [2.75, 3.05) is 5.32 Å². The van der Waals surface area contributed by atoms with Crippen LogP contribution in [0, 0.1) is 0 Å². The number of benzene rings is 1. The lowest BCUT2D eigenvalue weighted by Gasteiger charge is -2.13. The van der Waals surface area contributed by atoms with E-state index in [0.717, 1.165) is 5.56 Å². The van der Waals surface area contributed by atoms with Gasteiger partial charge in [0.2, 0.25) is 5.91 Å². The van der Waals surface area contributed by atoms with Crippen LogP contribution < -0.4 is 5.32 Å². The van der Waals surface area contributed by atoms with Gasteiger partial charge in [-0.25, -0.2) is 0 Å². The lowest BCUT2D eigenvalue weighted by Crippen LogP contribution is -2.23. The molecule has 1 aromatic carbocycles. The molecule has 0 aliphatic rings. The lowest BCUT2D eigenvalue weighted by atomic mass is 10.3. The van der Waals surface area contributed by atoms with Crippen molar-refractivity contribution >= 4 is 46.6 Å². The van der Waals surface area contributed by atoms with Crippen LogP contribution in [-0.4, -0.2) is 30.9 Å². The van der Waals surface area contributed by atoms with Crippen molar-refractivity contribution in [3.05, 3.63) is 52.8 Å². The van der Waals surface area contributed by atoms with Crippen molar-refractivity contribution in [2.45, 2.75) is 17.3 Å². The maximum Gasteiger partial charge on any atom is 0.237 e. The fourth-order valence-corrected chi connectivity index (χ4v) is 3.37. The van der Waals surface area contributed by atoms with E-state index in [0.29, 0.717) is 26.7 Å². The highest BCUT2D eigenvalue weighted by Crippen LogP contribution is 2.31. The standard InChI is InChI=1S/C17H15Cl2N5OS/c1-10(16(25)21-13-7-3-6-12(18)14(13)19)26-17-23-22-15(24(17)2)11-5-4-8-20-9-11/h3-10H,1-2H3,(H,21,25). The molecule has 0 bridgehead atoms. The largest absolute Gasteiger partial charge is 0.324 e. The number of rotatable bonds is 5. The van der Waals surface area contributed by atoms with Gasteiger partial charge in [0.05, 0.1) is 21.0 Å². The Labute approximate surface area is 164 Å². The number of amides is 1. The zero-order valence-electron chi connectivity index (χ0n) is 14.0. The first kappa shape index (κ1) is 18.7. The summed E-state index contributed by atoms with van der Waals surface area (Å²) in [6.45, 7) is 1.79. The summed E-state index contributed by atoms with van der Waals surface area (Å²) in [5.74, 6) is 0.483. The molecule has 0 aliphatic carbocycles. The van der Waals surface area contributed by atoms with E-state index in [2.05, 4.69) is 20.5 Å². The second-order valence-corrected chi connectivity index (χ2v) is 7.55. The third-order valence-corrected chi connectivity index (χ3v) is 5.57. The quantitative estimate of drug-likeness (QED) is 0.638. The smallest absolute Gasteiger partial charge is 0.237 e. The summed E-state index contributed by atoms with van der Waals surface area (Å²) in [4.78, 5) is 16.6. The molecule has 134 valence electrons. The number of pyridine rings is 1. The van der Waals surface area contributed by atoms with E-state index in [-0.39, 0.29) is 5.91 Å². The molecule has 0 aliphatic heterocycles. The first-order valence-electron chi connectivity index (χ1n) is 7.68. The van der Waals surface area contributed by atoms with Gasteiger partial charge in [-0.05, 0) is 31.2 Å². The van der Waals surface area contributed by atoms with Crippen molar-refractivity contribution in [3.8, 4) is 11.4 Å². The summed E-state index contributed by atoms with van der Waals surface area (Å²) in [6.07, 6.45) is 3.42. The Morgan fingerprint density at radius 1 is 1.23 bits per heavy atom. The number of anilines is 1. The highest BCUT2D eigenvalue weighted by molar-refractivity contribution is 8.00. The zero-order chi connectivity index (χ0) is 18.7. The van der Waals surface area contributed by atoms with Gasteiger partial charge in [-0.3, -0.25) is 9.78 Å². The van der Waals surface area contributed by atoms with Gasteiger partial charge < -0.3 is 9.88 Å². The van der Waals surface area contributed by atoms with Crippen molar-refractivity contribution in [1.82, 2.24) is 19.7 Å². The molecule has 3 aromatic rings. The van der Waals surface area contributed by atoms with Gasteiger partial charge in [0.1, 0.15) is 0 Å². The zero-order valence-corrected chi connectivity index (χ0v) is 16.3. The Kier molecular flexibility index (Phi) is 5.80. The van der Waals surface area contributed by atoms with Crippen LogP contribution in [-0.2, 0) is 11.8 Å². The molecule has 1 atom stereocenters. The van der Waals surface area contributed by atoms with Gasteiger partial charge in [0, 0.05) is 25.0 Å². The summed E-state index contributed by atoms with van der Waals surface area (Å²) in [6, 6.07) is 8.83. The van der Waals surface area contributed by atoms with Crippen LogP contribution in [0.1, 0.15) is 6.92 Å². The molecule has 0 saturated heterocycles. The average molecular weight is 408 g/mol. The number of thioether (sulfide) groups is 1. The van der Waals surface area contributed by atoms with Gasteiger partial charge in [0.15, 0.2) is 11.0 Å². The van der Waals surface area contributed by atoms with E-state index in [1.54, 1.807) is 37.5 Å². The number of halogens is 2. The van der Waals surface area contributed by atoms with Crippen LogP contribution in [0.3, 0.4) is 0 Å². The summed E-state index contributed by atoms with van der Waals surface area (Å²) in [5.41, 5.74) is 1.34. The third-order valence-electron chi connectivity index (χ3n) is 3.62. The molecule has 1 N–H and O–H groups in total. The Balaban J connectivity index is 1.72. The second kappa shape index (κ2) is 8.07. The number of nitrogens with one attached hydrogen (secondary N) is 1. The van der Waals surface area contributed by atoms with Crippen LogP contribution in [0.25, 0.3) is 11.4 Å². The Morgan fingerprint density at radius 2 is 2.04 bits per heavy atom. The fraction of sp³-hybridized carbons (Fsp3) is 0.176. The normalized spacial score (nSPS) is 12.0. The SMILES string of the molecule is CC(Sc1nnc(-c2cccnc2)n1C)C(=O)Nc1cccc(Cl)c1Cl. The van der Waals surface area contributed by atoms with E-state index in [4.69, 9.17) is 23.2 Å². The van der Waals surface area contributed by atoms with Gasteiger partial charge in [0.25, 0.3) is 0 Å². The number of nitrogens with zero attached hydrogens (tertiary/aromatic N) is 4. The summed E-state index contributed by atoms with van der Waals surface area (Å²) in [7, 11) is 1.85. The Bertz CT molecular complexity index is 932. The number of aromatic nitrogens is 4. The summed E-state index contributed by atoms with van der Waals surface area (Å²) >= 11 is 13.4. The maximum atomic E-state index is 12.5. The fourth-order valence-electron chi connectivity index (χ4n) is 2.21. The summed E-state index contributed by atoms with van der Waals surface area (Å²) in [5, 5.41) is 12.1. The maximum absolute atomic E-state index is 12.5. The molecule has 6 nitrogen and oxygen atoms in total. The van der Waals surface area contributed by atoms with Crippen LogP contribution in [0.2, 0.25) is 10.0 Å². The molecule has 0 spiro atoms. The second-order valence-electron chi connectivity index (χ2n) is 5.46. The Hall–Kier alpha value is -2.09. The number of carbonyl (C=O) groups excluding carboxylic acids is 1. The molecule has 9 heteroatoms. The van der Waals surface area contributed by atoms with Crippen LogP contribution >= 0.6 is 35.0 Å². The minimum atomic E-state index is -0.408. The van der Waals surface area contributed by atoms with Crippen molar-refractivity contribution in [1.29, 1.82) is 0 Å². The molecule has 0 saturated carbocycles. The minimum absolute atomic E-state index is 0.204. The van der Waals surface area contributed by atoms with Crippen molar-refractivity contribution in [2.24, 2.45) is 7.05 Å². The van der Waals surface area contributed by atoms with E-state index in [9.17, 15) is 4.79 Å². The van der Waals surface area contributed by atoms with E-state index >= 15 is 0 Å². The van der Waals surface area contributed by atoms with Crippen LogP contribution in [0.4, 0.5) is 5.69 Å². The van der Waals surface area contributed by atoms with E-state index < -0.39 is 5.25 Å². The molecular weight excluding hydrogens is 393 g/mol. The first-order chi connectivity index (χ1) is 12.5. The van der Waals surface area contributed by atoms with Gasteiger partial charge in [-0.15, -0.1) is 10.2 Å². The van der Waals surface area contributed by atoms with Crippen LogP contribution in [0.5, 0.6) is 0 Å². The average Bonchev–Trinajstić information content (AvgIpc) is 3.00. The molecule has 1 amide bonds. The molecule has 3 rings (SSSR count). The number of hydrogen-bond donors (Lipinski definition) is 1. The summed E-state index contributed by atoms with van der Waals surface area (Å²) < 4.78 is 1.83. The van der Waals surface area contributed by atoms with Crippen LogP contribution in [0.15, 0.2) is 47.9 Å². The van der Waals surface area contributed by atoms with E-state index in [1.807, 2.05) is 23.7 Å². The Morgan fingerprint density at radius 3 is 2.77 bits per heavy atom. The van der Waals surface area contributed by atoms with Crippen molar-refractivity contribution < 1.29 is 4.79 Å². The molecule has 0 radical (unpaired) electrons.